The molecule has 2 aliphatic heterocycles. The van der Waals surface area contributed by atoms with Crippen LogP contribution in [0.25, 0.3) is 0 Å². The Kier molecular flexibility index (Phi) is 4.25. The van der Waals surface area contributed by atoms with Crippen LogP contribution in [0.15, 0.2) is 58.6 Å². The Hall–Kier alpha value is -1.92. The Bertz CT molecular complexity index is 837. The molecule has 0 radical (unpaired) electrons. The van der Waals surface area contributed by atoms with E-state index in [9.17, 15) is 8.42 Å². The lowest BCUT2D eigenvalue weighted by Crippen LogP contribution is -2.36. The Labute approximate surface area is 149 Å². The summed E-state index contributed by atoms with van der Waals surface area (Å²) in [4.78, 5) is 9.39. The average Bonchev–Trinajstić information content (AvgIpc) is 2.88. The molecular weight excluding hydrogens is 334 g/mol. The summed E-state index contributed by atoms with van der Waals surface area (Å²) in [6.45, 7) is 1.98. The molecule has 5 nitrogen and oxygen atoms in total. The van der Waals surface area contributed by atoms with Crippen LogP contribution in [-0.4, -0.2) is 50.5 Å². The summed E-state index contributed by atoms with van der Waals surface area (Å²) in [5.74, 6) is 0. The summed E-state index contributed by atoms with van der Waals surface area (Å²) in [6.07, 6.45) is 5.39. The highest BCUT2D eigenvalue weighted by Gasteiger charge is 2.34. The molecule has 0 N–H and O–H groups in total. The van der Waals surface area contributed by atoms with Gasteiger partial charge in [0.1, 0.15) is 0 Å². The monoisotopic (exact) mass is 357 g/mol. The second-order valence-corrected chi connectivity index (χ2v) is 8.85. The normalized spacial score (nSPS) is 24.3. The van der Waals surface area contributed by atoms with E-state index in [0.29, 0.717) is 12.1 Å². The van der Waals surface area contributed by atoms with Gasteiger partial charge in [-0.1, -0.05) is 18.2 Å². The predicted molar refractivity (Wildman–Crippen MR) is 97.5 cm³/mol. The summed E-state index contributed by atoms with van der Waals surface area (Å²) < 4.78 is 25.3. The fraction of sp³-hybridized carbons (Fsp3) is 0.421. The van der Waals surface area contributed by atoms with Crippen molar-refractivity contribution in [3.63, 3.8) is 0 Å². The van der Waals surface area contributed by atoms with Crippen molar-refractivity contribution in [1.29, 1.82) is 0 Å². The van der Waals surface area contributed by atoms with E-state index in [-0.39, 0.29) is 9.92 Å². The molecule has 2 saturated heterocycles. The quantitative estimate of drug-likeness (QED) is 0.845. The molecule has 1 aromatic heterocycles. The molecule has 0 saturated carbocycles. The lowest BCUT2D eigenvalue weighted by Gasteiger charge is -2.27. The first-order valence-electron chi connectivity index (χ1n) is 8.79. The molecule has 2 bridgehead atoms. The minimum atomic E-state index is -3.55. The number of anilines is 1. The van der Waals surface area contributed by atoms with E-state index in [4.69, 9.17) is 0 Å². The molecule has 2 aromatic rings. The molecular formula is C19H23N3O2S. The number of nitrogens with zero attached hydrogens (tertiary/aromatic N) is 3. The first-order chi connectivity index (χ1) is 12.1. The van der Waals surface area contributed by atoms with Crippen LogP contribution < -0.4 is 4.90 Å². The summed E-state index contributed by atoms with van der Waals surface area (Å²) in [6, 6.07) is 13.2. The first-order valence-corrected chi connectivity index (χ1v) is 10.3. The zero-order valence-corrected chi connectivity index (χ0v) is 15.2. The van der Waals surface area contributed by atoms with Crippen molar-refractivity contribution in [1.82, 2.24) is 9.88 Å². The lowest BCUT2D eigenvalue weighted by molar-refractivity contribution is 0.254. The van der Waals surface area contributed by atoms with Crippen molar-refractivity contribution in [3.8, 4) is 0 Å². The Morgan fingerprint density at radius 2 is 1.76 bits per heavy atom. The first kappa shape index (κ1) is 16.5. The van der Waals surface area contributed by atoms with Crippen LogP contribution >= 0.6 is 0 Å². The van der Waals surface area contributed by atoms with Crippen LogP contribution in [-0.2, 0) is 9.84 Å². The Morgan fingerprint density at radius 3 is 2.48 bits per heavy atom. The third-order valence-corrected chi connectivity index (χ3v) is 7.25. The van der Waals surface area contributed by atoms with Crippen LogP contribution in [0.2, 0.25) is 0 Å². The maximum atomic E-state index is 12.6. The number of benzene rings is 1. The van der Waals surface area contributed by atoms with Crippen molar-refractivity contribution in [3.05, 3.63) is 48.7 Å². The Balaban J connectivity index is 1.56. The second kappa shape index (κ2) is 6.42. The molecule has 0 aliphatic carbocycles. The third-order valence-electron chi connectivity index (χ3n) is 5.56. The number of rotatable bonds is 3. The molecule has 25 heavy (non-hydrogen) atoms. The SMILES string of the molecule is CN1C2CCC1CN(c1ccc(S(=O)(=O)c3ccccc3)nc1)CC2. The topological polar surface area (TPSA) is 53.5 Å². The highest BCUT2D eigenvalue weighted by molar-refractivity contribution is 7.91. The number of fused-ring (bicyclic) bond motifs is 2. The van der Waals surface area contributed by atoms with E-state index >= 15 is 0 Å². The van der Waals surface area contributed by atoms with Crippen molar-refractivity contribution < 1.29 is 8.42 Å². The predicted octanol–water partition coefficient (Wildman–Crippen LogP) is 2.59. The van der Waals surface area contributed by atoms with Gasteiger partial charge >= 0.3 is 0 Å². The van der Waals surface area contributed by atoms with Gasteiger partial charge in [0.25, 0.3) is 0 Å². The molecule has 132 valence electrons. The van der Waals surface area contributed by atoms with Gasteiger partial charge in [-0.05, 0) is 50.6 Å². The number of pyridine rings is 1. The van der Waals surface area contributed by atoms with Gasteiger partial charge in [0.2, 0.25) is 9.84 Å². The summed E-state index contributed by atoms with van der Waals surface area (Å²) in [7, 11) is -1.33. The van der Waals surface area contributed by atoms with E-state index in [2.05, 4.69) is 21.8 Å². The number of hydrogen-bond acceptors (Lipinski definition) is 5. The average molecular weight is 357 g/mol. The number of likely N-dealkylation sites (N-methyl/N-ethyl adjacent to an activating group) is 1. The van der Waals surface area contributed by atoms with E-state index in [1.165, 1.54) is 12.8 Å². The summed E-state index contributed by atoms with van der Waals surface area (Å²) in [5.41, 5.74) is 1.01. The van der Waals surface area contributed by atoms with Gasteiger partial charge in [0.15, 0.2) is 5.03 Å². The van der Waals surface area contributed by atoms with Gasteiger partial charge in [0, 0.05) is 25.2 Å². The highest BCUT2D eigenvalue weighted by Crippen LogP contribution is 2.31. The lowest BCUT2D eigenvalue weighted by atomic mass is 10.1. The van der Waals surface area contributed by atoms with Crippen LogP contribution in [0, 0.1) is 0 Å². The van der Waals surface area contributed by atoms with Crippen LogP contribution in [0.3, 0.4) is 0 Å². The van der Waals surface area contributed by atoms with E-state index < -0.39 is 9.84 Å². The van der Waals surface area contributed by atoms with Crippen molar-refractivity contribution in [2.75, 3.05) is 25.0 Å². The van der Waals surface area contributed by atoms with E-state index in [1.54, 1.807) is 42.6 Å². The molecule has 6 heteroatoms. The molecule has 2 aliphatic rings. The molecule has 4 rings (SSSR count). The van der Waals surface area contributed by atoms with Crippen LogP contribution in [0.5, 0.6) is 0 Å². The van der Waals surface area contributed by atoms with Gasteiger partial charge < -0.3 is 4.90 Å². The fourth-order valence-corrected chi connectivity index (χ4v) is 5.18. The smallest absolute Gasteiger partial charge is 0.223 e. The van der Waals surface area contributed by atoms with Crippen molar-refractivity contribution >= 4 is 15.5 Å². The molecule has 2 atom stereocenters. The third kappa shape index (κ3) is 3.04. The molecule has 1 aromatic carbocycles. The zero-order chi connectivity index (χ0) is 17.4. The Morgan fingerprint density at radius 1 is 1.00 bits per heavy atom. The fourth-order valence-electron chi connectivity index (χ4n) is 3.98. The molecule has 2 unspecified atom stereocenters. The largest absolute Gasteiger partial charge is 0.369 e. The van der Waals surface area contributed by atoms with E-state index in [1.807, 2.05) is 6.07 Å². The van der Waals surface area contributed by atoms with Gasteiger partial charge in [0.05, 0.1) is 16.8 Å². The van der Waals surface area contributed by atoms with Gasteiger partial charge in [-0.15, -0.1) is 0 Å². The molecule has 0 amide bonds. The van der Waals surface area contributed by atoms with Crippen molar-refractivity contribution in [2.45, 2.75) is 41.3 Å². The highest BCUT2D eigenvalue weighted by atomic mass is 32.2. The minimum Gasteiger partial charge on any atom is -0.369 e. The van der Waals surface area contributed by atoms with Gasteiger partial charge in [-0.25, -0.2) is 13.4 Å². The second-order valence-electron chi connectivity index (χ2n) is 6.96. The van der Waals surface area contributed by atoms with E-state index in [0.717, 1.165) is 25.2 Å². The minimum absolute atomic E-state index is 0.107. The molecule has 2 fully saturated rings. The summed E-state index contributed by atoms with van der Waals surface area (Å²) >= 11 is 0. The van der Waals surface area contributed by atoms with Crippen molar-refractivity contribution in [2.24, 2.45) is 0 Å². The number of aromatic nitrogens is 1. The van der Waals surface area contributed by atoms with Gasteiger partial charge in [-0.2, -0.15) is 0 Å². The number of hydrogen-bond donors (Lipinski definition) is 0. The molecule has 0 spiro atoms. The van der Waals surface area contributed by atoms with Crippen LogP contribution in [0.1, 0.15) is 19.3 Å². The summed E-state index contributed by atoms with van der Waals surface area (Å²) in [5, 5.41) is 0.107. The maximum absolute atomic E-state index is 12.6. The standard InChI is InChI=1S/C19H23N3O2S/c1-21-15-7-8-17(21)14-22(12-11-15)16-9-10-19(20-13-16)25(23,24)18-5-3-2-4-6-18/h2-6,9-10,13,15,17H,7-8,11-12,14H2,1H3. The number of sulfone groups is 1. The maximum Gasteiger partial charge on any atom is 0.223 e. The molecule has 3 heterocycles. The van der Waals surface area contributed by atoms with Gasteiger partial charge in [-0.3, -0.25) is 4.90 Å². The zero-order valence-electron chi connectivity index (χ0n) is 14.4. The van der Waals surface area contributed by atoms with Crippen LogP contribution in [0.4, 0.5) is 5.69 Å².